The number of amides is 2. The molecule has 1 aromatic heterocycles. The van der Waals surface area contributed by atoms with E-state index in [-0.39, 0.29) is 23.3 Å². The molecular formula is C22H33N3O4. The quantitative estimate of drug-likeness (QED) is 0.756. The number of aromatic nitrogens is 1. The lowest BCUT2D eigenvalue weighted by molar-refractivity contribution is -0.141. The summed E-state index contributed by atoms with van der Waals surface area (Å²) in [5, 5.41) is 4.04. The van der Waals surface area contributed by atoms with E-state index in [0.717, 1.165) is 63.9 Å². The molecule has 4 rings (SSSR count). The van der Waals surface area contributed by atoms with Crippen molar-refractivity contribution in [1.29, 1.82) is 0 Å². The zero-order valence-electron chi connectivity index (χ0n) is 17.7. The molecule has 1 aromatic rings. The van der Waals surface area contributed by atoms with Gasteiger partial charge in [-0.25, -0.2) is 0 Å². The van der Waals surface area contributed by atoms with Crippen molar-refractivity contribution in [3.05, 3.63) is 17.5 Å². The van der Waals surface area contributed by atoms with Crippen LogP contribution in [0.2, 0.25) is 0 Å². The molecule has 0 aliphatic carbocycles. The molecule has 2 amide bonds. The largest absolute Gasteiger partial charge is 0.376 e. The van der Waals surface area contributed by atoms with Crippen molar-refractivity contribution in [3.63, 3.8) is 0 Å². The Morgan fingerprint density at radius 3 is 2.79 bits per heavy atom. The van der Waals surface area contributed by atoms with Crippen LogP contribution in [0.1, 0.15) is 68.6 Å². The first-order valence-corrected chi connectivity index (χ1v) is 11.1. The Balaban J connectivity index is 1.33. The van der Waals surface area contributed by atoms with Gasteiger partial charge < -0.3 is 19.1 Å². The minimum absolute atomic E-state index is 0.0644. The zero-order valence-corrected chi connectivity index (χ0v) is 17.7. The van der Waals surface area contributed by atoms with Crippen LogP contribution < -0.4 is 0 Å². The standard InChI is InChI=1S/C22H33N3O4/c1-16(2)12-17-13-19(29-23-17)21(27)24-9-7-22(8-10-24)6-5-20(26)25(15-22)14-18-4-3-11-28-18/h13,16,18H,3-12,14-15H2,1-2H3/t18-/m1/s1. The van der Waals surface area contributed by atoms with E-state index in [1.54, 1.807) is 6.07 Å². The number of carbonyl (C=O) groups is 2. The van der Waals surface area contributed by atoms with Crippen LogP contribution in [0, 0.1) is 11.3 Å². The highest BCUT2D eigenvalue weighted by Gasteiger charge is 2.42. The highest BCUT2D eigenvalue weighted by Crippen LogP contribution is 2.40. The second-order valence-corrected chi connectivity index (χ2v) is 9.48. The molecule has 29 heavy (non-hydrogen) atoms. The lowest BCUT2D eigenvalue weighted by Crippen LogP contribution is -2.53. The smallest absolute Gasteiger partial charge is 0.292 e. The molecule has 160 valence electrons. The van der Waals surface area contributed by atoms with Crippen LogP contribution in [0.25, 0.3) is 0 Å². The molecule has 0 bridgehead atoms. The molecular weight excluding hydrogens is 370 g/mol. The van der Waals surface area contributed by atoms with Gasteiger partial charge in [-0.15, -0.1) is 0 Å². The third-order valence-electron chi connectivity index (χ3n) is 6.69. The molecule has 0 N–H and O–H groups in total. The maximum Gasteiger partial charge on any atom is 0.292 e. The van der Waals surface area contributed by atoms with Crippen molar-refractivity contribution in [2.45, 2.75) is 64.9 Å². The van der Waals surface area contributed by atoms with Gasteiger partial charge in [0.1, 0.15) is 0 Å². The van der Waals surface area contributed by atoms with Gasteiger partial charge in [-0.1, -0.05) is 19.0 Å². The number of hydrogen-bond acceptors (Lipinski definition) is 5. The molecule has 3 aliphatic heterocycles. The molecule has 7 heteroatoms. The average Bonchev–Trinajstić information content (AvgIpc) is 3.37. The Bertz CT molecular complexity index is 730. The monoisotopic (exact) mass is 403 g/mol. The molecule has 7 nitrogen and oxygen atoms in total. The van der Waals surface area contributed by atoms with Crippen molar-refractivity contribution in [1.82, 2.24) is 15.0 Å². The fraction of sp³-hybridized carbons (Fsp3) is 0.773. The molecule has 0 unspecified atom stereocenters. The second kappa shape index (κ2) is 8.46. The normalized spacial score (nSPS) is 24.7. The number of hydrogen-bond donors (Lipinski definition) is 0. The van der Waals surface area contributed by atoms with E-state index < -0.39 is 0 Å². The number of carbonyl (C=O) groups excluding carboxylic acids is 2. The number of nitrogens with zero attached hydrogens (tertiary/aromatic N) is 3. The van der Waals surface area contributed by atoms with Gasteiger partial charge in [0.25, 0.3) is 5.91 Å². The van der Waals surface area contributed by atoms with E-state index in [2.05, 4.69) is 19.0 Å². The van der Waals surface area contributed by atoms with Crippen LogP contribution in [-0.4, -0.2) is 65.7 Å². The zero-order chi connectivity index (χ0) is 20.4. The summed E-state index contributed by atoms with van der Waals surface area (Å²) in [7, 11) is 0. The predicted molar refractivity (Wildman–Crippen MR) is 107 cm³/mol. The summed E-state index contributed by atoms with van der Waals surface area (Å²) < 4.78 is 11.1. The third-order valence-corrected chi connectivity index (χ3v) is 6.69. The first kappa shape index (κ1) is 20.4. The third kappa shape index (κ3) is 4.65. The molecule has 4 heterocycles. The summed E-state index contributed by atoms with van der Waals surface area (Å²) in [6.45, 7) is 8.00. The van der Waals surface area contributed by atoms with Gasteiger partial charge in [-0.2, -0.15) is 0 Å². The van der Waals surface area contributed by atoms with Crippen molar-refractivity contribution in [2.24, 2.45) is 11.3 Å². The van der Waals surface area contributed by atoms with Crippen molar-refractivity contribution < 1.29 is 18.8 Å². The van der Waals surface area contributed by atoms with E-state index in [9.17, 15) is 9.59 Å². The van der Waals surface area contributed by atoms with Crippen LogP contribution >= 0.6 is 0 Å². The van der Waals surface area contributed by atoms with E-state index in [1.165, 1.54) is 0 Å². The highest BCUT2D eigenvalue weighted by atomic mass is 16.5. The molecule has 1 atom stereocenters. The summed E-state index contributed by atoms with van der Waals surface area (Å²) in [6, 6.07) is 1.79. The van der Waals surface area contributed by atoms with E-state index in [1.807, 2.05) is 9.80 Å². The van der Waals surface area contributed by atoms with Gasteiger partial charge in [0.15, 0.2) is 0 Å². The van der Waals surface area contributed by atoms with E-state index in [4.69, 9.17) is 9.26 Å². The van der Waals surface area contributed by atoms with Gasteiger partial charge >= 0.3 is 0 Å². The molecule has 0 radical (unpaired) electrons. The first-order chi connectivity index (χ1) is 13.9. The molecule has 3 saturated heterocycles. The molecule has 0 aromatic carbocycles. The van der Waals surface area contributed by atoms with Gasteiger partial charge in [0.2, 0.25) is 11.7 Å². The summed E-state index contributed by atoms with van der Waals surface area (Å²) in [5.74, 6) is 1.01. The Hall–Kier alpha value is -1.89. The topological polar surface area (TPSA) is 75.9 Å². The molecule has 3 aliphatic rings. The van der Waals surface area contributed by atoms with Crippen LogP contribution in [-0.2, 0) is 16.0 Å². The lowest BCUT2D eigenvalue weighted by Gasteiger charge is -2.47. The average molecular weight is 404 g/mol. The van der Waals surface area contributed by atoms with Crippen molar-refractivity contribution >= 4 is 11.8 Å². The number of likely N-dealkylation sites (tertiary alicyclic amines) is 2. The minimum atomic E-state index is -0.0644. The lowest BCUT2D eigenvalue weighted by atomic mass is 9.72. The predicted octanol–water partition coefficient (Wildman–Crippen LogP) is 2.90. The molecule has 3 fully saturated rings. The van der Waals surface area contributed by atoms with Crippen LogP contribution in [0.5, 0.6) is 0 Å². The highest BCUT2D eigenvalue weighted by molar-refractivity contribution is 5.91. The van der Waals surface area contributed by atoms with Crippen molar-refractivity contribution in [2.75, 3.05) is 32.8 Å². The van der Waals surface area contributed by atoms with E-state index in [0.29, 0.717) is 31.2 Å². The Morgan fingerprint density at radius 1 is 1.31 bits per heavy atom. The van der Waals surface area contributed by atoms with Gasteiger partial charge in [-0.3, -0.25) is 9.59 Å². The fourth-order valence-corrected chi connectivity index (χ4v) is 4.98. The van der Waals surface area contributed by atoms with Crippen LogP contribution in [0.15, 0.2) is 10.6 Å². The van der Waals surface area contributed by atoms with E-state index >= 15 is 0 Å². The van der Waals surface area contributed by atoms with Crippen molar-refractivity contribution in [3.8, 4) is 0 Å². The minimum Gasteiger partial charge on any atom is -0.376 e. The summed E-state index contributed by atoms with van der Waals surface area (Å²) in [4.78, 5) is 29.2. The summed E-state index contributed by atoms with van der Waals surface area (Å²) >= 11 is 0. The maximum absolute atomic E-state index is 12.8. The summed E-state index contributed by atoms with van der Waals surface area (Å²) in [5.41, 5.74) is 0.973. The van der Waals surface area contributed by atoms with Gasteiger partial charge in [0.05, 0.1) is 11.8 Å². The number of piperidine rings is 2. The Morgan fingerprint density at radius 2 is 2.10 bits per heavy atom. The van der Waals surface area contributed by atoms with Crippen LogP contribution in [0.4, 0.5) is 0 Å². The summed E-state index contributed by atoms with van der Waals surface area (Å²) in [6.07, 6.45) is 6.56. The Labute approximate surface area is 172 Å². The fourth-order valence-electron chi connectivity index (χ4n) is 4.98. The molecule has 0 saturated carbocycles. The number of rotatable bonds is 5. The Kier molecular flexibility index (Phi) is 5.95. The maximum atomic E-state index is 12.8. The number of ether oxygens (including phenoxy) is 1. The van der Waals surface area contributed by atoms with Crippen LogP contribution in [0.3, 0.4) is 0 Å². The SMILES string of the molecule is CC(C)Cc1cc(C(=O)N2CCC3(CCC(=O)N(C[C@H]4CCCO4)C3)CC2)on1. The second-order valence-electron chi connectivity index (χ2n) is 9.48. The molecule has 1 spiro atoms. The van der Waals surface area contributed by atoms with Gasteiger partial charge in [0, 0.05) is 45.3 Å². The van der Waals surface area contributed by atoms with Gasteiger partial charge in [-0.05, 0) is 49.9 Å². The first-order valence-electron chi connectivity index (χ1n) is 11.1.